The maximum atomic E-state index is 12.8. The molecule has 0 fully saturated rings. The number of pyridine rings is 1. The van der Waals surface area contributed by atoms with Gasteiger partial charge in [-0.3, -0.25) is 0 Å². The third kappa shape index (κ3) is 3.44. The Balaban J connectivity index is 1.99. The number of rotatable bonds is 4. The first kappa shape index (κ1) is 12.8. The van der Waals surface area contributed by atoms with Crippen LogP contribution in [0.25, 0.3) is 0 Å². The second-order valence-corrected chi connectivity index (χ2v) is 4.62. The van der Waals surface area contributed by atoms with Crippen LogP contribution in [0.4, 0.5) is 10.2 Å². The van der Waals surface area contributed by atoms with Crippen LogP contribution in [0, 0.1) is 5.82 Å². The number of halogens is 2. The molecule has 2 aromatic rings. The molecule has 94 valence electrons. The summed E-state index contributed by atoms with van der Waals surface area (Å²) >= 11 is 6.02. The van der Waals surface area contributed by atoms with Crippen molar-refractivity contribution in [3.05, 3.63) is 59.0 Å². The topological polar surface area (TPSA) is 24.9 Å². The van der Waals surface area contributed by atoms with Crippen LogP contribution in [0.2, 0.25) is 5.02 Å². The van der Waals surface area contributed by atoms with Gasteiger partial charge in [0.05, 0.1) is 5.02 Å². The maximum Gasteiger partial charge on any atom is 0.144 e. The normalized spacial score (nSPS) is 12.2. The standard InChI is InChI=1S/C14H14ClFN2/c1-10(9-11-4-6-12(16)7-5-11)18-14-13(15)3-2-8-17-14/h2-8,10H,9H2,1H3,(H,17,18). The summed E-state index contributed by atoms with van der Waals surface area (Å²) in [4.78, 5) is 4.17. The van der Waals surface area contributed by atoms with Gasteiger partial charge in [-0.25, -0.2) is 9.37 Å². The smallest absolute Gasteiger partial charge is 0.144 e. The van der Waals surface area contributed by atoms with Crippen molar-refractivity contribution in [2.75, 3.05) is 5.32 Å². The van der Waals surface area contributed by atoms with Crippen LogP contribution in [0.15, 0.2) is 42.6 Å². The van der Waals surface area contributed by atoms with E-state index in [-0.39, 0.29) is 11.9 Å². The molecule has 2 rings (SSSR count). The van der Waals surface area contributed by atoms with E-state index in [1.807, 2.05) is 6.92 Å². The highest BCUT2D eigenvalue weighted by Gasteiger charge is 2.07. The summed E-state index contributed by atoms with van der Waals surface area (Å²) in [5.74, 6) is 0.459. The SMILES string of the molecule is CC(Cc1ccc(F)cc1)Nc1ncccc1Cl. The molecule has 1 atom stereocenters. The molecule has 0 saturated carbocycles. The van der Waals surface area contributed by atoms with E-state index >= 15 is 0 Å². The minimum atomic E-state index is -0.216. The maximum absolute atomic E-state index is 12.8. The predicted octanol–water partition coefficient (Wildman–Crippen LogP) is 3.92. The second-order valence-electron chi connectivity index (χ2n) is 4.21. The van der Waals surface area contributed by atoms with Gasteiger partial charge in [0.1, 0.15) is 11.6 Å². The van der Waals surface area contributed by atoms with Gasteiger partial charge in [-0.2, -0.15) is 0 Å². The molecule has 1 unspecified atom stereocenters. The van der Waals surface area contributed by atoms with Crippen molar-refractivity contribution in [3.63, 3.8) is 0 Å². The van der Waals surface area contributed by atoms with Gasteiger partial charge in [0.25, 0.3) is 0 Å². The number of nitrogens with one attached hydrogen (secondary N) is 1. The van der Waals surface area contributed by atoms with Gasteiger partial charge < -0.3 is 5.32 Å². The molecule has 0 aliphatic rings. The lowest BCUT2D eigenvalue weighted by Crippen LogP contribution is -2.19. The molecule has 0 spiro atoms. The van der Waals surface area contributed by atoms with Gasteiger partial charge in [0, 0.05) is 12.2 Å². The number of hydrogen-bond donors (Lipinski definition) is 1. The molecular weight excluding hydrogens is 251 g/mol. The molecule has 0 saturated heterocycles. The number of hydrogen-bond acceptors (Lipinski definition) is 2. The van der Waals surface area contributed by atoms with Gasteiger partial charge in [-0.15, -0.1) is 0 Å². The molecule has 18 heavy (non-hydrogen) atoms. The lowest BCUT2D eigenvalue weighted by molar-refractivity contribution is 0.626. The molecule has 1 N–H and O–H groups in total. The summed E-state index contributed by atoms with van der Waals surface area (Å²) in [6, 6.07) is 10.3. The van der Waals surface area contributed by atoms with Crippen LogP contribution in [-0.2, 0) is 6.42 Å². The highest BCUT2D eigenvalue weighted by molar-refractivity contribution is 6.32. The fourth-order valence-electron chi connectivity index (χ4n) is 1.75. The van der Waals surface area contributed by atoms with Crippen LogP contribution < -0.4 is 5.32 Å². The second kappa shape index (κ2) is 5.83. The Morgan fingerprint density at radius 2 is 2.00 bits per heavy atom. The third-order valence-electron chi connectivity index (χ3n) is 2.60. The van der Waals surface area contributed by atoms with Crippen LogP contribution in [0.1, 0.15) is 12.5 Å². The Hall–Kier alpha value is -1.61. The highest BCUT2D eigenvalue weighted by Crippen LogP contribution is 2.19. The summed E-state index contributed by atoms with van der Waals surface area (Å²) in [6.45, 7) is 2.04. The number of nitrogens with zero attached hydrogens (tertiary/aromatic N) is 1. The fraction of sp³-hybridized carbons (Fsp3) is 0.214. The Morgan fingerprint density at radius 1 is 1.28 bits per heavy atom. The zero-order valence-electron chi connectivity index (χ0n) is 10.0. The van der Waals surface area contributed by atoms with Gasteiger partial charge in [-0.1, -0.05) is 23.7 Å². The van der Waals surface area contributed by atoms with Gasteiger partial charge >= 0.3 is 0 Å². The van der Waals surface area contributed by atoms with E-state index in [1.165, 1.54) is 12.1 Å². The van der Waals surface area contributed by atoms with Gasteiger partial charge in [-0.05, 0) is 43.2 Å². The average Bonchev–Trinajstić information content (AvgIpc) is 2.35. The van der Waals surface area contributed by atoms with E-state index in [4.69, 9.17) is 11.6 Å². The minimum absolute atomic E-state index is 0.169. The zero-order chi connectivity index (χ0) is 13.0. The summed E-state index contributed by atoms with van der Waals surface area (Å²) in [5, 5.41) is 3.84. The number of aromatic nitrogens is 1. The monoisotopic (exact) mass is 264 g/mol. The Labute approximate surface area is 111 Å². The molecule has 0 radical (unpaired) electrons. The molecule has 0 aliphatic carbocycles. The summed E-state index contributed by atoms with van der Waals surface area (Å²) in [5.41, 5.74) is 1.07. The van der Waals surface area contributed by atoms with E-state index in [2.05, 4.69) is 10.3 Å². The number of benzene rings is 1. The Bertz CT molecular complexity index is 513. The van der Waals surface area contributed by atoms with Crippen LogP contribution in [0.3, 0.4) is 0 Å². The fourth-order valence-corrected chi connectivity index (χ4v) is 1.93. The molecule has 0 bridgehead atoms. The summed E-state index contributed by atoms with van der Waals surface area (Å²) in [7, 11) is 0. The van der Waals surface area contributed by atoms with E-state index < -0.39 is 0 Å². The summed E-state index contributed by atoms with van der Waals surface area (Å²) < 4.78 is 12.8. The lowest BCUT2D eigenvalue weighted by Gasteiger charge is -2.15. The van der Waals surface area contributed by atoms with Crippen LogP contribution in [-0.4, -0.2) is 11.0 Å². The van der Waals surface area contributed by atoms with Crippen molar-refractivity contribution >= 4 is 17.4 Å². The van der Waals surface area contributed by atoms with Crippen molar-refractivity contribution in [1.82, 2.24) is 4.98 Å². The largest absolute Gasteiger partial charge is 0.366 e. The Morgan fingerprint density at radius 3 is 2.67 bits per heavy atom. The Kier molecular flexibility index (Phi) is 4.15. The van der Waals surface area contributed by atoms with Crippen molar-refractivity contribution in [2.45, 2.75) is 19.4 Å². The van der Waals surface area contributed by atoms with Crippen molar-refractivity contribution in [3.8, 4) is 0 Å². The molecule has 0 amide bonds. The predicted molar refractivity (Wildman–Crippen MR) is 72.4 cm³/mol. The van der Waals surface area contributed by atoms with Gasteiger partial charge in [0.2, 0.25) is 0 Å². The van der Waals surface area contributed by atoms with E-state index in [9.17, 15) is 4.39 Å². The first-order valence-corrected chi connectivity index (χ1v) is 6.14. The lowest BCUT2D eigenvalue weighted by atomic mass is 10.1. The van der Waals surface area contributed by atoms with Crippen molar-refractivity contribution in [2.24, 2.45) is 0 Å². The molecule has 1 heterocycles. The molecule has 4 heteroatoms. The molecule has 1 aromatic heterocycles. The van der Waals surface area contributed by atoms with E-state index in [0.717, 1.165) is 12.0 Å². The van der Waals surface area contributed by atoms with Crippen molar-refractivity contribution in [1.29, 1.82) is 0 Å². The molecular formula is C14H14ClFN2. The minimum Gasteiger partial charge on any atom is -0.366 e. The molecule has 2 nitrogen and oxygen atoms in total. The third-order valence-corrected chi connectivity index (χ3v) is 2.90. The van der Waals surface area contributed by atoms with Crippen LogP contribution >= 0.6 is 11.6 Å². The zero-order valence-corrected chi connectivity index (χ0v) is 10.8. The number of anilines is 1. The quantitative estimate of drug-likeness (QED) is 0.905. The highest BCUT2D eigenvalue weighted by atomic mass is 35.5. The first-order valence-electron chi connectivity index (χ1n) is 5.76. The molecule has 1 aromatic carbocycles. The van der Waals surface area contributed by atoms with E-state index in [0.29, 0.717) is 10.8 Å². The van der Waals surface area contributed by atoms with E-state index in [1.54, 1.807) is 30.5 Å². The average molecular weight is 265 g/mol. The van der Waals surface area contributed by atoms with Gasteiger partial charge in [0.15, 0.2) is 0 Å². The first-order chi connectivity index (χ1) is 8.65. The van der Waals surface area contributed by atoms with Crippen molar-refractivity contribution < 1.29 is 4.39 Å². The van der Waals surface area contributed by atoms with Crippen LogP contribution in [0.5, 0.6) is 0 Å². The molecule has 0 aliphatic heterocycles. The summed E-state index contributed by atoms with van der Waals surface area (Å²) in [6.07, 6.45) is 2.48.